The topological polar surface area (TPSA) is 37.3 Å². The third-order valence-corrected chi connectivity index (χ3v) is 0.495. The summed E-state index contributed by atoms with van der Waals surface area (Å²) < 4.78 is 0. The maximum absolute atomic E-state index is 9.47. The van der Waals surface area contributed by atoms with Crippen molar-refractivity contribution in [1.29, 1.82) is 0 Å². The molecule has 0 saturated heterocycles. The Morgan fingerprint density at radius 3 is 2.57 bits per heavy atom. The molecule has 39 valence electrons. The zero-order valence-corrected chi connectivity index (χ0v) is 4.09. The summed E-state index contributed by atoms with van der Waals surface area (Å²) in [7, 11) is 0. The van der Waals surface area contributed by atoms with Crippen molar-refractivity contribution in [2.24, 2.45) is 0 Å². The molecule has 1 radical (unpaired) electrons. The van der Waals surface area contributed by atoms with Gasteiger partial charge in [0.2, 0.25) is 6.29 Å². The lowest BCUT2D eigenvalue weighted by molar-refractivity contribution is 0.280. The fraction of sp³-hybridized carbons (Fsp3) is 0.400. The second-order valence-corrected chi connectivity index (χ2v) is 1.09. The molecule has 0 spiro atoms. The van der Waals surface area contributed by atoms with Crippen LogP contribution in [-0.2, 0) is 4.79 Å². The first-order valence-corrected chi connectivity index (χ1v) is 2.00. The van der Waals surface area contributed by atoms with Gasteiger partial charge in [0, 0.05) is 0 Å². The molecule has 0 aliphatic rings. The largest absolute Gasteiger partial charge is 0.381 e. The molecule has 0 amide bonds. The molecular formula is C5H7O2. The number of hydrogen-bond acceptors (Lipinski definition) is 2. The van der Waals surface area contributed by atoms with E-state index >= 15 is 0 Å². The molecule has 0 bridgehead atoms. The Bertz CT molecular complexity index is 76.1. The second-order valence-electron chi connectivity index (χ2n) is 1.09. The molecular weight excluding hydrogens is 92.1 g/mol. The maximum atomic E-state index is 9.47. The van der Waals surface area contributed by atoms with E-state index in [0.29, 0.717) is 0 Å². The lowest BCUT2D eigenvalue weighted by Gasteiger charge is -1.84. The SMILES string of the molecule is CC=CC(O)[C]=O. The molecule has 1 atom stereocenters. The summed E-state index contributed by atoms with van der Waals surface area (Å²) in [5.74, 6) is 0. The van der Waals surface area contributed by atoms with E-state index in [1.54, 1.807) is 13.0 Å². The number of carbonyl (C=O) groups excluding carboxylic acids is 1. The lowest BCUT2D eigenvalue weighted by atomic mass is 10.4. The van der Waals surface area contributed by atoms with Gasteiger partial charge in [-0.2, -0.15) is 0 Å². The molecule has 2 heteroatoms. The molecule has 2 nitrogen and oxygen atoms in total. The van der Waals surface area contributed by atoms with Gasteiger partial charge in [0.1, 0.15) is 6.10 Å². The standard InChI is InChI=1S/C5H7O2/c1-2-3-5(7)4-6/h2-3,5,7H,1H3. The average molecular weight is 99.1 g/mol. The van der Waals surface area contributed by atoms with Crippen molar-refractivity contribution in [2.75, 3.05) is 0 Å². The van der Waals surface area contributed by atoms with Gasteiger partial charge in [-0.25, -0.2) is 0 Å². The third-order valence-electron chi connectivity index (χ3n) is 0.495. The molecule has 1 N–H and O–H groups in total. The molecule has 0 aromatic rings. The predicted molar refractivity (Wildman–Crippen MR) is 26.5 cm³/mol. The Kier molecular flexibility index (Phi) is 3.24. The summed E-state index contributed by atoms with van der Waals surface area (Å²) in [5, 5.41) is 8.35. The molecule has 0 saturated carbocycles. The van der Waals surface area contributed by atoms with E-state index in [4.69, 9.17) is 5.11 Å². The minimum absolute atomic E-state index is 1.04. The van der Waals surface area contributed by atoms with Crippen molar-refractivity contribution < 1.29 is 9.90 Å². The van der Waals surface area contributed by atoms with Crippen LogP contribution in [0.4, 0.5) is 0 Å². The zero-order valence-electron chi connectivity index (χ0n) is 4.09. The van der Waals surface area contributed by atoms with Gasteiger partial charge in [0.25, 0.3) is 0 Å². The molecule has 0 fully saturated rings. The van der Waals surface area contributed by atoms with Crippen LogP contribution in [0.3, 0.4) is 0 Å². The molecule has 0 aromatic heterocycles. The molecule has 0 heterocycles. The van der Waals surface area contributed by atoms with Gasteiger partial charge in [-0.1, -0.05) is 12.2 Å². The highest BCUT2D eigenvalue weighted by molar-refractivity contribution is 5.59. The van der Waals surface area contributed by atoms with E-state index in [1.165, 1.54) is 12.4 Å². The highest BCUT2D eigenvalue weighted by Gasteiger charge is 1.90. The van der Waals surface area contributed by atoms with Gasteiger partial charge in [0.05, 0.1) is 0 Å². The van der Waals surface area contributed by atoms with E-state index in [-0.39, 0.29) is 0 Å². The first-order chi connectivity index (χ1) is 3.31. The zero-order chi connectivity index (χ0) is 5.70. The number of rotatable bonds is 2. The first kappa shape index (κ1) is 6.37. The predicted octanol–water partition coefficient (Wildman–Crippen LogP) is 0.0331. The van der Waals surface area contributed by atoms with Gasteiger partial charge in [-0.15, -0.1) is 0 Å². The quantitative estimate of drug-likeness (QED) is 0.496. The average Bonchev–Trinajstić information content (AvgIpc) is 1.68. The molecule has 0 aromatic carbocycles. The monoisotopic (exact) mass is 99.0 g/mol. The minimum atomic E-state index is -1.04. The van der Waals surface area contributed by atoms with Gasteiger partial charge in [0.15, 0.2) is 0 Å². The number of allylic oxidation sites excluding steroid dienone is 1. The molecule has 0 aliphatic heterocycles. The summed E-state index contributed by atoms with van der Waals surface area (Å²) in [4.78, 5) is 9.47. The van der Waals surface area contributed by atoms with Gasteiger partial charge < -0.3 is 5.11 Å². The van der Waals surface area contributed by atoms with Crippen molar-refractivity contribution >= 4 is 6.29 Å². The van der Waals surface area contributed by atoms with Crippen molar-refractivity contribution in [3.63, 3.8) is 0 Å². The summed E-state index contributed by atoms with van der Waals surface area (Å²) in [5.41, 5.74) is 0. The van der Waals surface area contributed by atoms with Gasteiger partial charge in [-0.3, -0.25) is 4.79 Å². The Hall–Kier alpha value is -0.630. The normalized spacial score (nSPS) is 14.6. The van der Waals surface area contributed by atoms with Crippen molar-refractivity contribution in [3.05, 3.63) is 12.2 Å². The highest BCUT2D eigenvalue weighted by Crippen LogP contribution is 1.76. The van der Waals surface area contributed by atoms with E-state index in [1.807, 2.05) is 0 Å². The number of aliphatic hydroxyl groups is 1. The number of hydrogen-bond donors (Lipinski definition) is 1. The lowest BCUT2D eigenvalue weighted by Crippen LogP contribution is -2.01. The fourth-order valence-electron chi connectivity index (χ4n) is 0.222. The Morgan fingerprint density at radius 1 is 1.86 bits per heavy atom. The summed E-state index contributed by atoms with van der Waals surface area (Å²) in [6.45, 7) is 1.72. The Labute approximate surface area is 42.5 Å². The second kappa shape index (κ2) is 3.56. The van der Waals surface area contributed by atoms with Crippen LogP contribution in [0.15, 0.2) is 12.2 Å². The van der Waals surface area contributed by atoms with Crippen molar-refractivity contribution in [3.8, 4) is 0 Å². The summed E-state index contributed by atoms with van der Waals surface area (Å²) >= 11 is 0. The summed E-state index contributed by atoms with van der Waals surface area (Å²) in [6.07, 6.45) is 3.29. The van der Waals surface area contributed by atoms with Crippen molar-refractivity contribution in [2.45, 2.75) is 13.0 Å². The van der Waals surface area contributed by atoms with Crippen LogP contribution in [0.5, 0.6) is 0 Å². The fourth-order valence-corrected chi connectivity index (χ4v) is 0.222. The Morgan fingerprint density at radius 2 is 2.43 bits per heavy atom. The molecule has 1 unspecified atom stereocenters. The van der Waals surface area contributed by atoms with Gasteiger partial charge in [-0.05, 0) is 6.92 Å². The maximum Gasteiger partial charge on any atom is 0.233 e. The van der Waals surface area contributed by atoms with Crippen LogP contribution >= 0.6 is 0 Å². The third kappa shape index (κ3) is 3.19. The van der Waals surface area contributed by atoms with Crippen LogP contribution in [0.1, 0.15) is 6.92 Å². The van der Waals surface area contributed by atoms with Crippen LogP contribution in [0, 0.1) is 0 Å². The van der Waals surface area contributed by atoms with E-state index in [2.05, 4.69) is 0 Å². The van der Waals surface area contributed by atoms with Crippen LogP contribution in [0.25, 0.3) is 0 Å². The highest BCUT2D eigenvalue weighted by atomic mass is 16.3. The smallest absolute Gasteiger partial charge is 0.233 e. The molecule has 7 heavy (non-hydrogen) atoms. The van der Waals surface area contributed by atoms with E-state index < -0.39 is 6.10 Å². The molecule has 0 rings (SSSR count). The van der Waals surface area contributed by atoms with Crippen molar-refractivity contribution in [1.82, 2.24) is 0 Å². The van der Waals surface area contributed by atoms with Gasteiger partial charge >= 0.3 is 0 Å². The van der Waals surface area contributed by atoms with Crippen LogP contribution < -0.4 is 0 Å². The molecule has 0 aliphatic carbocycles. The van der Waals surface area contributed by atoms with E-state index in [0.717, 1.165) is 0 Å². The van der Waals surface area contributed by atoms with Crippen LogP contribution in [-0.4, -0.2) is 17.5 Å². The summed E-state index contributed by atoms with van der Waals surface area (Å²) in [6, 6.07) is 0. The number of aliphatic hydroxyl groups excluding tert-OH is 1. The van der Waals surface area contributed by atoms with E-state index in [9.17, 15) is 4.79 Å². The van der Waals surface area contributed by atoms with Crippen LogP contribution in [0.2, 0.25) is 0 Å². The Balaban J connectivity index is 3.35. The minimum Gasteiger partial charge on any atom is -0.381 e. The first-order valence-electron chi connectivity index (χ1n) is 2.00.